The predicted octanol–water partition coefficient (Wildman–Crippen LogP) is 1.55. The Kier molecular flexibility index (Phi) is 7.21. The van der Waals surface area contributed by atoms with E-state index >= 15 is 0 Å². The monoisotopic (exact) mass is 446 g/mol. The Bertz CT molecular complexity index is 786. The Morgan fingerprint density at radius 2 is 2.03 bits per heavy atom. The van der Waals surface area contributed by atoms with Gasteiger partial charge in [-0.2, -0.15) is 13.2 Å². The highest BCUT2D eigenvalue weighted by Crippen LogP contribution is 2.30. The number of nitrogens with two attached hydrogens (primary N) is 1. The lowest BCUT2D eigenvalue weighted by molar-refractivity contribution is -0.174. The number of aliphatic hydroxyl groups excluding tert-OH is 1. The smallest absolute Gasteiger partial charge is 0.411 e. The third kappa shape index (κ3) is 5.97. The van der Waals surface area contributed by atoms with Crippen LogP contribution in [0.1, 0.15) is 42.5 Å². The number of primary amides is 1. The van der Waals surface area contributed by atoms with Gasteiger partial charge in [-0.15, -0.1) is 0 Å². The van der Waals surface area contributed by atoms with Crippen molar-refractivity contribution in [2.24, 2.45) is 5.73 Å². The van der Waals surface area contributed by atoms with Crippen LogP contribution < -0.4 is 15.8 Å². The van der Waals surface area contributed by atoms with Gasteiger partial charge in [0, 0.05) is 18.8 Å². The van der Waals surface area contributed by atoms with Gasteiger partial charge in [-0.25, -0.2) is 9.78 Å². The molecule has 0 aromatic carbocycles. The molecule has 1 aromatic rings. The summed E-state index contributed by atoms with van der Waals surface area (Å²) in [6.45, 7) is -1.60. The van der Waals surface area contributed by atoms with Crippen LogP contribution in [0.2, 0.25) is 0 Å². The summed E-state index contributed by atoms with van der Waals surface area (Å²) in [6.07, 6.45) is -2.01. The van der Waals surface area contributed by atoms with Gasteiger partial charge in [0.2, 0.25) is 5.88 Å². The lowest BCUT2D eigenvalue weighted by atomic mass is 9.91. The maximum Gasteiger partial charge on any atom is 0.411 e. The number of nitrogens with one attached hydrogen (secondary N) is 1. The first-order valence-electron chi connectivity index (χ1n) is 9.98. The molecule has 9 nitrogen and oxygen atoms in total. The van der Waals surface area contributed by atoms with Crippen molar-refractivity contribution in [3.05, 3.63) is 23.9 Å². The fourth-order valence-corrected chi connectivity index (χ4v) is 3.89. The van der Waals surface area contributed by atoms with E-state index in [0.29, 0.717) is 25.7 Å². The second kappa shape index (κ2) is 9.69. The number of hydrogen-bond donors (Lipinski definition) is 3. The number of nitrogens with zero attached hydrogens (tertiary/aromatic N) is 2. The molecule has 0 radical (unpaired) electrons. The predicted molar refractivity (Wildman–Crippen MR) is 101 cm³/mol. The summed E-state index contributed by atoms with van der Waals surface area (Å²) in [5, 5.41) is 13.1. The van der Waals surface area contributed by atoms with E-state index in [0.717, 1.165) is 0 Å². The molecule has 1 aliphatic heterocycles. The molecule has 1 aliphatic carbocycles. The van der Waals surface area contributed by atoms with Crippen molar-refractivity contribution in [3.63, 3.8) is 0 Å². The highest BCUT2D eigenvalue weighted by molar-refractivity contribution is 5.94. The molecular weight excluding hydrogens is 421 g/mol. The number of alkyl halides is 3. The minimum atomic E-state index is -4.42. The summed E-state index contributed by atoms with van der Waals surface area (Å²) in [5.74, 6) is -0.477. The number of aromatic nitrogens is 1. The molecule has 2 unspecified atom stereocenters. The van der Waals surface area contributed by atoms with Crippen molar-refractivity contribution >= 4 is 11.9 Å². The Hall–Kier alpha value is -2.60. The van der Waals surface area contributed by atoms with Gasteiger partial charge in [-0.3, -0.25) is 9.69 Å². The van der Waals surface area contributed by atoms with Crippen LogP contribution in [-0.4, -0.2) is 70.7 Å². The highest BCUT2D eigenvalue weighted by atomic mass is 19.4. The van der Waals surface area contributed by atoms with Crippen molar-refractivity contribution in [3.8, 4) is 5.88 Å². The van der Waals surface area contributed by atoms with E-state index < -0.39 is 37.0 Å². The minimum Gasteiger partial charge on any atom is -0.474 e. The number of halogens is 3. The Balaban J connectivity index is 1.49. The number of pyridine rings is 1. The Morgan fingerprint density at radius 3 is 2.68 bits per heavy atom. The molecular formula is C19H25F3N4O5. The lowest BCUT2D eigenvalue weighted by Crippen LogP contribution is -2.46. The molecule has 12 heteroatoms. The molecule has 1 saturated carbocycles. The number of carbonyl (C=O) groups excluding carboxylic acids is 2. The molecule has 2 fully saturated rings. The third-order valence-electron chi connectivity index (χ3n) is 5.38. The van der Waals surface area contributed by atoms with Gasteiger partial charge in [-0.1, -0.05) is 0 Å². The molecule has 2 aliphatic rings. The van der Waals surface area contributed by atoms with Gasteiger partial charge < -0.3 is 25.6 Å². The van der Waals surface area contributed by atoms with Crippen molar-refractivity contribution in [1.29, 1.82) is 0 Å². The SMILES string of the molecule is NC(=O)c1cccnc1OC1CCC(N2C(=O)NC(CCOCC(F)(F)F)C2O)CC1. The maximum atomic E-state index is 12.3. The fourth-order valence-electron chi connectivity index (χ4n) is 3.89. The number of rotatable bonds is 8. The molecule has 2 heterocycles. The van der Waals surface area contributed by atoms with Crippen molar-refractivity contribution in [2.45, 2.75) is 62.7 Å². The maximum absolute atomic E-state index is 12.3. The van der Waals surface area contributed by atoms with Crippen LogP contribution in [-0.2, 0) is 4.74 Å². The van der Waals surface area contributed by atoms with Gasteiger partial charge in [0.05, 0.1) is 6.04 Å². The number of amides is 3. The molecule has 172 valence electrons. The average Bonchev–Trinajstić information content (AvgIpc) is 2.99. The number of urea groups is 1. The van der Waals surface area contributed by atoms with Crippen LogP contribution in [0.3, 0.4) is 0 Å². The molecule has 0 spiro atoms. The number of carbonyl (C=O) groups is 2. The first kappa shape index (κ1) is 23.1. The fraction of sp³-hybridized carbons (Fsp3) is 0.632. The van der Waals surface area contributed by atoms with E-state index in [9.17, 15) is 27.9 Å². The van der Waals surface area contributed by atoms with Gasteiger partial charge >= 0.3 is 12.2 Å². The highest BCUT2D eigenvalue weighted by Gasteiger charge is 2.43. The van der Waals surface area contributed by atoms with Gasteiger partial charge in [-0.05, 0) is 44.2 Å². The Morgan fingerprint density at radius 1 is 1.32 bits per heavy atom. The summed E-state index contributed by atoms with van der Waals surface area (Å²) < 4.78 is 46.8. The van der Waals surface area contributed by atoms with Crippen molar-refractivity contribution < 1.29 is 37.3 Å². The number of ether oxygens (including phenoxy) is 2. The lowest BCUT2D eigenvalue weighted by Gasteiger charge is -2.36. The van der Waals surface area contributed by atoms with E-state index in [1.807, 2.05) is 0 Å². The zero-order valence-corrected chi connectivity index (χ0v) is 16.7. The number of aliphatic hydroxyl groups is 1. The van der Waals surface area contributed by atoms with E-state index in [2.05, 4.69) is 15.0 Å². The van der Waals surface area contributed by atoms with Crippen molar-refractivity contribution in [1.82, 2.24) is 15.2 Å². The topological polar surface area (TPSA) is 127 Å². The van der Waals surface area contributed by atoms with E-state index in [-0.39, 0.29) is 36.6 Å². The van der Waals surface area contributed by atoms with Crippen LogP contribution in [0.15, 0.2) is 18.3 Å². The molecule has 3 rings (SSSR count). The molecule has 31 heavy (non-hydrogen) atoms. The summed E-state index contributed by atoms with van der Waals surface area (Å²) in [6, 6.07) is 1.71. The largest absolute Gasteiger partial charge is 0.474 e. The summed E-state index contributed by atoms with van der Waals surface area (Å²) >= 11 is 0. The van der Waals surface area contributed by atoms with E-state index in [1.165, 1.54) is 17.2 Å². The molecule has 4 N–H and O–H groups in total. The average molecular weight is 446 g/mol. The summed E-state index contributed by atoms with van der Waals surface area (Å²) in [4.78, 5) is 29.2. The van der Waals surface area contributed by atoms with Crippen LogP contribution in [0.25, 0.3) is 0 Å². The molecule has 1 aromatic heterocycles. The van der Waals surface area contributed by atoms with E-state index in [1.54, 1.807) is 6.07 Å². The van der Waals surface area contributed by atoms with E-state index in [4.69, 9.17) is 10.5 Å². The molecule has 2 atom stereocenters. The van der Waals surface area contributed by atoms with Crippen LogP contribution in [0, 0.1) is 0 Å². The summed E-state index contributed by atoms with van der Waals surface area (Å²) in [7, 11) is 0. The quantitative estimate of drug-likeness (QED) is 0.520. The normalized spacial score (nSPS) is 26.6. The standard InChI is InChI=1S/C19H25F3N4O5/c20-19(21,22)10-30-9-7-14-17(28)26(18(29)25-14)11-3-5-12(6-4-11)31-16-13(15(23)27)2-1-8-24-16/h1-2,8,11-12,14,17,28H,3-7,9-10H2,(H2,23,27)(H,25,29). The second-order valence-corrected chi connectivity index (χ2v) is 7.60. The van der Waals surface area contributed by atoms with Crippen LogP contribution in [0.5, 0.6) is 5.88 Å². The first-order chi connectivity index (χ1) is 14.7. The second-order valence-electron chi connectivity index (χ2n) is 7.60. The summed E-state index contributed by atoms with van der Waals surface area (Å²) in [5.41, 5.74) is 5.52. The van der Waals surface area contributed by atoms with Crippen LogP contribution in [0.4, 0.5) is 18.0 Å². The van der Waals surface area contributed by atoms with Crippen molar-refractivity contribution in [2.75, 3.05) is 13.2 Å². The van der Waals surface area contributed by atoms with Crippen LogP contribution >= 0.6 is 0 Å². The molecule has 3 amide bonds. The third-order valence-corrected chi connectivity index (χ3v) is 5.38. The van der Waals surface area contributed by atoms with Gasteiger partial charge in [0.25, 0.3) is 5.91 Å². The Labute approximate surface area is 176 Å². The zero-order valence-electron chi connectivity index (χ0n) is 16.7. The molecule has 0 bridgehead atoms. The van der Waals surface area contributed by atoms with Gasteiger partial charge in [0.15, 0.2) is 6.23 Å². The van der Waals surface area contributed by atoms with Gasteiger partial charge in [0.1, 0.15) is 18.3 Å². The first-order valence-corrected chi connectivity index (χ1v) is 9.98. The zero-order chi connectivity index (χ0) is 22.6. The molecule has 1 saturated heterocycles. The minimum absolute atomic E-state index is 0.0630. The number of hydrogen-bond acceptors (Lipinski definition) is 6.